The van der Waals surface area contributed by atoms with Gasteiger partial charge in [-0.05, 0) is 19.9 Å². The lowest BCUT2D eigenvalue weighted by molar-refractivity contribution is 0.526. The van der Waals surface area contributed by atoms with Crippen molar-refractivity contribution in [3.8, 4) is 0 Å². The lowest BCUT2D eigenvalue weighted by Gasteiger charge is -2.15. The highest BCUT2D eigenvalue weighted by Crippen LogP contribution is 2.21. The van der Waals surface area contributed by atoms with Crippen LogP contribution in [0.2, 0.25) is 0 Å². The van der Waals surface area contributed by atoms with Gasteiger partial charge in [0.25, 0.3) is 0 Å². The molecule has 0 aliphatic heterocycles. The van der Waals surface area contributed by atoms with Gasteiger partial charge >= 0.3 is 0 Å². The Labute approximate surface area is 114 Å². The predicted molar refractivity (Wildman–Crippen MR) is 76.3 cm³/mol. The van der Waals surface area contributed by atoms with Gasteiger partial charge in [-0.2, -0.15) is 5.10 Å². The van der Waals surface area contributed by atoms with Crippen LogP contribution in [0.3, 0.4) is 0 Å². The molecule has 0 saturated carbocycles. The fraction of sp³-hybridized carbons (Fsp3) is 0.500. The molecule has 0 amide bonds. The largest absolute Gasteiger partial charge is 0.469 e. The van der Waals surface area contributed by atoms with E-state index in [1.807, 2.05) is 45.7 Å². The summed E-state index contributed by atoms with van der Waals surface area (Å²) in [4.78, 5) is 2.10. The van der Waals surface area contributed by atoms with E-state index < -0.39 is 0 Å². The van der Waals surface area contributed by atoms with Crippen LogP contribution in [0.25, 0.3) is 0 Å². The summed E-state index contributed by atoms with van der Waals surface area (Å²) in [5, 5.41) is 7.94. The summed E-state index contributed by atoms with van der Waals surface area (Å²) in [6, 6.07) is 2.01. The highest BCUT2D eigenvalue weighted by molar-refractivity contribution is 5.48. The fourth-order valence-corrected chi connectivity index (χ4v) is 2.37. The summed E-state index contributed by atoms with van der Waals surface area (Å²) < 4.78 is 7.22. The lowest BCUT2D eigenvalue weighted by atomic mass is 10.2. The van der Waals surface area contributed by atoms with Crippen LogP contribution in [0.15, 0.2) is 16.7 Å². The zero-order chi connectivity index (χ0) is 14.0. The highest BCUT2D eigenvalue weighted by Gasteiger charge is 2.14. The van der Waals surface area contributed by atoms with Crippen LogP contribution in [-0.2, 0) is 20.1 Å². The van der Waals surface area contributed by atoms with Gasteiger partial charge in [-0.25, -0.2) is 0 Å². The molecule has 2 aromatic rings. The van der Waals surface area contributed by atoms with Crippen LogP contribution < -0.4 is 10.2 Å². The van der Waals surface area contributed by atoms with E-state index in [0.29, 0.717) is 0 Å². The first kappa shape index (κ1) is 13.7. The van der Waals surface area contributed by atoms with E-state index in [2.05, 4.69) is 15.3 Å². The summed E-state index contributed by atoms with van der Waals surface area (Å²) >= 11 is 0. The molecule has 0 aromatic carbocycles. The Hall–Kier alpha value is -1.75. The third-order valence-corrected chi connectivity index (χ3v) is 3.32. The monoisotopic (exact) mass is 262 g/mol. The van der Waals surface area contributed by atoms with Gasteiger partial charge in [0, 0.05) is 45.4 Å². The van der Waals surface area contributed by atoms with Gasteiger partial charge < -0.3 is 14.6 Å². The van der Waals surface area contributed by atoms with Crippen molar-refractivity contribution in [2.45, 2.75) is 26.9 Å². The molecule has 104 valence electrons. The van der Waals surface area contributed by atoms with Gasteiger partial charge in [-0.1, -0.05) is 0 Å². The molecule has 5 nitrogen and oxygen atoms in total. The number of nitrogens with one attached hydrogen (secondary N) is 1. The molecule has 19 heavy (non-hydrogen) atoms. The molecule has 0 fully saturated rings. The molecule has 2 aromatic heterocycles. The summed E-state index contributed by atoms with van der Waals surface area (Å²) in [7, 11) is 6.06. The van der Waals surface area contributed by atoms with E-state index in [9.17, 15) is 0 Å². The van der Waals surface area contributed by atoms with E-state index in [1.165, 1.54) is 11.1 Å². The lowest BCUT2D eigenvalue weighted by Crippen LogP contribution is -2.19. The standard InChI is InChI=1S/C14H22N4O/c1-10-13(14(17(3)4)18(5)16-10)9-15-8-12-6-7-19-11(12)2/h6-7,15H,8-9H2,1-5H3. The van der Waals surface area contributed by atoms with Crippen LogP contribution >= 0.6 is 0 Å². The first-order valence-corrected chi connectivity index (χ1v) is 6.44. The number of aryl methyl sites for hydroxylation is 3. The average Bonchev–Trinajstić information content (AvgIpc) is 2.84. The van der Waals surface area contributed by atoms with Crippen LogP contribution in [0.4, 0.5) is 5.82 Å². The fourth-order valence-electron chi connectivity index (χ4n) is 2.37. The number of nitrogens with zero attached hydrogens (tertiary/aromatic N) is 3. The summed E-state index contributed by atoms with van der Waals surface area (Å²) in [6.07, 6.45) is 1.73. The molecule has 0 spiro atoms. The zero-order valence-electron chi connectivity index (χ0n) is 12.3. The van der Waals surface area contributed by atoms with Gasteiger partial charge in [0.05, 0.1) is 12.0 Å². The third kappa shape index (κ3) is 2.81. The SMILES string of the molecule is Cc1nn(C)c(N(C)C)c1CNCc1ccoc1C. The maximum atomic E-state index is 5.29. The molecule has 0 unspecified atom stereocenters. The van der Waals surface area contributed by atoms with Crippen molar-refractivity contribution in [1.29, 1.82) is 0 Å². The van der Waals surface area contributed by atoms with E-state index in [-0.39, 0.29) is 0 Å². The molecule has 2 heterocycles. The topological polar surface area (TPSA) is 46.2 Å². The molecule has 0 atom stereocenters. The Morgan fingerprint density at radius 3 is 2.63 bits per heavy atom. The van der Waals surface area contributed by atoms with Gasteiger partial charge in [0.2, 0.25) is 0 Å². The van der Waals surface area contributed by atoms with Crippen molar-refractivity contribution in [3.63, 3.8) is 0 Å². The van der Waals surface area contributed by atoms with Crippen molar-refractivity contribution in [2.24, 2.45) is 7.05 Å². The molecule has 0 aliphatic rings. The molecule has 2 rings (SSSR count). The van der Waals surface area contributed by atoms with Crippen molar-refractivity contribution >= 4 is 5.82 Å². The third-order valence-electron chi connectivity index (χ3n) is 3.32. The number of furan rings is 1. The Morgan fingerprint density at radius 1 is 1.32 bits per heavy atom. The first-order chi connectivity index (χ1) is 9.00. The van der Waals surface area contributed by atoms with Crippen molar-refractivity contribution in [1.82, 2.24) is 15.1 Å². The maximum Gasteiger partial charge on any atom is 0.130 e. The molecule has 0 radical (unpaired) electrons. The predicted octanol–water partition coefficient (Wildman–Crippen LogP) is 1.99. The number of rotatable bonds is 5. The molecule has 0 aliphatic carbocycles. The van der Waals surface area contributed by atoms with Crippen LogP contribution in [0.5, 0.6) is 0 Å². The van der Waals surface area contributed by atoms with Gasteiger partial charge in [-0.15, -0.1) is 0 Å². The Bertz CT molecular complexity index is 554. The second kappa shape index (κ2) is 5.48. The second-order valence-corrected chi connectivity index (χ2v) is 5.01. The molecular formula is C14H22N4O. The number of hydrogen-bond acceptors (Lipinski definition) is 4. The summed E-state index contributed by atoms with van der Waals surface area (Å²) in [5.74, 6) is 2.12. The minimum Gasteiger partial charge on any atom is -0.469 e. The average molecular weight is 262 g/mol. The number of hydrogen-bond donors (Lipinski definition) is 1. The molecule has 1 N–H and O–H groups in total. The number of aromatic nitrogens is 2. The number of anilines is 1. The normalized spacial score (nSPS) is 11.0. The van der Waals surface area contributed by atoms with E-state index in [1.54, 1.807) is 6.26 Å². The Balaban J connectivity index is 2.05. The second-order valence-electron chi connectivity index (χ2n) is 5.01. The highest BCUT2D eigenvalue weighted by atomic mass is 16.3. The molecule has 0 saturated heterocycles. The van der Waals surface area contributed by atoms with E-state index in [4.69, 9.17) is 4.42 Å². The smallest absolute Gasteiger partial charge is 0.130 e. The van der Waals surface area contributed by atoms with Gasteiger partial charge in [0.15, 0.2) is 0 Å². The van der Waals surface area contributed by atoms with E-state index >= 15 is 0 Å². The Morgan fingerprint density at radius 2 is 2.05 bits per heavy atom. The molecule has 0 bridgehead atoms. The molecular weight excluding hydrogens is 240 g/mol. The minimum absolute atomic E-state index is 0.803. The Kier molecular flexibility index (Phi) is 3.95. The minimum atomic E-state index is 0.803. The quantitative estimate of drug-likeness (QED) is 0.895. The van der Waals surface area contributed by atoms with E-state index in [0.717, 1.165) is 30.4 Å². The first-order valence-electron chi connectivity index (χ1n) is 6.44. The van der Waals surface area contributed by atoms with Gasteiger partial charge in [0.1, 0.15) is 11.6 Å². The van der Waals surface area contributed by atoms with Gasteiger partial charge in [-0.3, -0.25) is 4.68 Å². The van der Waals surface area contributed by atoms with Crippen molar-refractivity contribution < 1.29 is 4.42 Å². The summed E-state index contributed by atoms with van der Waals surface area (Å²) in [5.41, 5.74) is 3.52. The van der Waals surface area contributed by atoms with Crippen molar-refractivity contribution in [2.75, 3.05) is 19.0 Å². The zero-order valence-corrected chi connectivity index (χ0v) is 12.3. The van der Waals surface area contributed by atoms with Crippen LogP contribution in [-0.4, -0.2) is 23.9 Å². The maximum absolute atomic E-state index is 5.29. The van der Waals surface area contributed by atoms with Crippen LogP contribution in [0, 0.1) is 13.8 Å². The molecule has 5 heteroatoms. The van der Waals surface area contributed by atoms with Crippen molar-refractivity contribution in [3.05, 3.63) is 34.9 Å². The van der Waals surface area contributed by atoms with Crippen LogP contribution in [0.1, 0.15) is 22.6 Å². The summed E-state index contributed by atoms with van der Waals surface area (Å²) in [6.45, 7) is 5.64.